The first kappa shape index (κ1) is 15.6. The molecule has 2 aromatic heterocycles. The number of hydrogen-bond acceptors (Lipinski definition) is 5. The van der Waals surface area contributed by atoms with Crippen LogP contribution in [0.5, 0.6) is 0 Å². The van der Waals surface area contributed by atoms with Gasteiger partial charge in [-0.3, -0.25) is 4.98 Å². The van der Waals surface area contributed by atoms with Crippen molar-refractivity contribution in [2.45, 2.75) is 38.8 Å². The third kappa shape index (κ3) is 3.67. The second-order valence-corrected chi connectivity index (χ2v) is 5.38. The van der Waals surface area contributed by atoms with Crippen molar-refractivity contribution in [2.75, 3.05) is 6.26 Å². The molecule has 21 heavy (non-hydrogen) atoms. The van der Waals surface area contributed by atoms with E-state index >= 15 is 0 Å². The number of aryl methyl sites for hydroxylation is 1. The van der Waals surface area contributed by atoms with Gasteiger partial charge in [-0.1, -0.05) is 31.7 Å². The van der Waals surface area contributed by atoms with Crippen molar-refractivity contribution in [2.24, 2.45) is 4.99 Å². The number of allylic oxidation sites excluding steroid dienone is 2. The van der Waals surface area contributed by atoms with Crippen molar-refractivity contribution < 1.29 is 0 Å². The molecule has 2 rings (SSSR count). The lowest BCUT2D eigenvalue weighted by Gasteiger charge is -2.07. The minimum atomic E-state index is 0.715. The highest BCUT2D eigenvalue weighted by Crippen LogP contribution is 2.28. The van der Waals surface area contributed by atoms with Crippen LogP contribution < -0.4 is 0 Å². The number of aliphatic imine (C=N–C) groups is 1. The first-order chi connectivity index (χ1) is 10.2. The van der Waals surface area contributed by atoms with Crippen LogP contribution in [-0.4, -0.2) is 26.9 Å². The average molecular weight is 300 g/mol. The second kappa shape index (κ2) is 7.31. The van der Waals surface area contributed by atoms with E-state index in [1.54, 1.807) is 6.20 Å². The number of hydrogen-bond donors (Lipinski definition) is 0. The van der Waals surface area contributed by atoms with Gasteiger partial charge in [-0.25, -0.2) is 15.0 Å². The Kier molecular flexibility index (Phi) is 5.44. The Morgan fingerprint density at radius 3 is 2.81 bits per heavy atom. The maximum atomic E-state index is 4.67. The normalized spacial score (nSPS) is 12.5. The quantitative estimate of drug-likeness (QED) is 0.467. The highest BCUT2D eigenvalue weighted by molar-refractivity contribution is 7.98. The monoisotopic (exact) mass is 300 g/mol. The lowest BCUT2D eigenvalue weighted by molar-refractivity contribution is 0.983. The molecule has 0 saturated heterocycles. The van der Waals surface area contributed by atoms with Crippen molar-refractivity contribution in [3.8, 4) is 0 Å². The Labute approximate surface area is 129 Å². The maximum Gasteiger partial charge on any atom is 0.189 e. The zero-order valence-electron chi connectivity index (χ0n) is 12.9. The first-order valence-corrected chi connectivity index (χ1v) is 8.33. The van der Waals surface area contributed by atoms with E-state index in [4.69, 9.17) is 0 Å². The highest BCUT2D eigenvalue weighted by Gasteiger charge is 2.11. The fourth-order valence-corrected chi connectivity index (χ4v) is 2.41. The van der Waals surface area contributed by atoms with Gasteiger partial charge in [0.2, 0.25) is 0 Å². The molecule has 2 heterocycles. The van der Waals surface area contributed by atoms with Crippen molar-refractivity contribution >= 4 is 34.2 Å². The topological polar surface area (TPSA) is 51.0 Å². The summed E-state index contributed by atoms with van der Waals surface area (Å²) < 4.78 is 0. The smallest absolute Gasteiger partial charge is 0.189 e. The fraction of sp³-hybridized carbons (Fsp3) is 0.375. The molecule has 4 nitrogen and oxygen atoms in total. The molecule has 110 valence electrons. The lowest BCUT2D eigenvalue weighted by Crippen LogP contribution is -1.96. The molecule has 0 aliphatic carbocycles. The van der Waals surface area contributed by atoms with Crippen molar-refractivity contribution in [1.82, 2.24) is 15.0 Å². The van der Waals surface area contributed by atoms with E-state index in [0.717, 1.165) is 40.3 Å². The summed E-state index contributed by atoms with van der Waals surface area (Å²) in [5.41, 5.74) is 2.84. The SMILES string of the molecule is CC/C=C\C(C)=Nc1nc(SC)nc2ccnc(CC)c12. The van der Waals surface area contributed by atoms with Crippen LogP contribution in [0.3, 0.4) is 0 Å². The Morgan fingerprint density at radius 1 is 1.33 bits per heavy atom. The van der Waals surface area contributed by atoms with Gasteiger partial charge in [-0.2, -0.15) is 0 Å². The molecule has 0 atom stereocenters. The van der Waals surface area contributed by atoms with Crippen LogP contribution >= 0.6 is 11.8 Å². The van der Waals surface area contributed by atoms with Gasteiger partial charge in [0.05, 0.1) is 16.6 Å². The average Bonchev–Trinajstić information content (AvgIpc) is 2.51. The summed E-state index contributed by atoms with van der Waals surface area (Å²) in [6, 6.07) is 1.92. The molecule has 2 aromatic rings. The van der Waals surface area contributed by atoms with E-state index in [0.29, 0.717) is 5.82 Å². The highest BCUT2D eigenvalue weighted by atomic mass is 32.2. The molecular formula is C16H20N4S. The van der Waals surface area contributed by atoms with Gasteiger partial charge in [0.15, 0.2) is 11.0 Å². The van der Waals surface area contributed by atoms with Crippen molar-refractivity contribution in [3.63, 3.8) is 0 Å². The van der Waals surface area contributed by atoms with Gasteiger partial charge in [0.25, 0.3) is 0 Å². The molecule has 0 saturated carbocycles. The fourth-order valence-electron chi connectivity index (χ4n) is 2.04. The number of fused-ring (bicyclic) bond motifs is 1. The molecular weight excluding hydrogens is 280 g/mol. The van der Waals surface area contributed by atoms with Gasteiger partial charge in [0, 0.05) is 11.9 Å². The van der Waals surface area contributed by atoms with E-state index in [-0.39, 0.29) is 0 Å². The number of pyridine rings is 1. The Balaban J connectivity index is 2.67. The van der Waals surface area contributed by atoms with Crippen LogP contribution in [0.2, 0.25) is 0 Å². The van der Waals surface area contributed by atoms with Crippen LogP contribution in [-0.2, 0) is 6.42 Å². The Hall–Kier alpha value is -1.75. The van der Waals surface area contributed by atoms with Crippen LogP contribution in [0.25, 0.3) is 10.9 Å². The van der Waals surface area contributed by atoms with E-state index < -0.39 is 0 Å². The third-order valence-electron chi connectivity index (χ3n) is 3.04. The number of aromatic nitrogens is 3. The summed E-state index contributed by atoms with van der Waals surface area (Å²) in [4.78, 5) is 18.2. The molecule has 0 aromatic carbocycles. The predicted molar refractivity (Wildman–Crippen MR) is 90.7 cm³/mol. The molecule has 5 heteroatoms. The summed E-state index contributed by atoms with van der Waals surface area (Å²) >= 11 is 1.53. The van der Waals surface area contributed by atoms with Crippen LogP contribution in [0.4, 0.5) is 5.82 Å². The van der Waals surface area contributed by atoms with Gasteiger partial charge in [-0.15, -0.1) is 0 Å². The minimum absolute atomic E-state index is 0.715. The maximum absolute atomic E-state index is 4.67. The molecule has 0 fully saturated rings. The van der Waals surface area contributed by atoms with Crippen LogP contribution in [0, 0.1) is 0 Å². The van der Waals surface area contributed by atoms with E-state index in [9.17, 15) is 0 Å². The van der Waals surface area contributed by atoms with E-state index in [1.807, 2.05) is 25.3 Å². The number of nitrogens with zero attached hydrogens (tertiary/aromatic N) is 4. The summed E-state index contributed by atoms with van der Waals surface area (Å²) in [5.74, 6) is 0.715. The molecule has 0 bridgehead atoms. The van der Waals surface area contributed by atoms with Gasteiger partial charge in [0.1, 0.15) is 0 Å². The zero-order valence-corrected chi connectivity index (χ0v) is 13.7. The number of thioether (sulfide) groups is 1. The van der Waals surface area contributed by atoms with Crippen LogP contribution in [0.15, 0.2) is 34.6 Å². The largest absolute Gasteiger partial charge is 0.260 e. The van der Waals surface area contributed by atoms with E-state index in [1.165, 1.54) is 11.8 Å². The molecule has 0 radical (unpaired) electrons. The summed E-state index contributed by atoms with van der Waals surface area (Å²) in [5, 5.41) is 1.70. The van der Waals surface area contributed by atoms with Crippen molar-refractivity contribution in [3.05, 3.63) is 30.1 Å². The van der Waals surface area contributed by atoms with Gasteiger partial charge in [-0.05, 0) is 38.2 Å². The Morgan fingerprint density at radius 2 is 2.14 bits per heavy atom. The third-order valence-corrected chi connectivity index (χ3v) is 3.59. The molecule has 0 unspecified atom stereocenters. The second-order valence-electron chi connectivity index (χ2n) is 4.60. The standard InChI is InChI=1S/C16H20N4S/c1-5-7-8-11(3)18-15-14-12(6-2)17-10-9-13(14)19-16(20-15)21-4/h7-10H,5-6H2,1-4H3/b8-7-,18-11?. The van der Waals surface area contributed by atoms with Crippen LogP contribution in [0.1, 0.15) is 32.9 Å². The molecule has 0 amide bonds. The first-order valence-electron chi connectivity index (χ1n) is 7.11. The summed E-state index contributed by atoms with van der Waals surface area (Å²) in [6.07, 6.45) is 9.72. The van der Waals surface area contributed by atoms with Crippen molar-refractivity contribution in [1.29, 1.82) is 0 Å². The number of rotatable bonds is 5. The molecule has 0 spiro atoms. The van der Waals surface area contributed by atoms with Gasteiger partial charge < -0.3 is 0 Å². The summed E-state index contributed by atoms with van der Waals surface area (Å²) in [6.45, 7) is 6.18. The summed E-state index contributed by atoms with van der Waals surface area (Å²) in [7, 11) is 0. The zero-order chi connectivity index (χ0) is 15.2. The molecule has 0 N–H and O–H groups in total. The molecule has 0 aliphatic rings. The Bertz CT molecular complexity index is 692. The minimum Gasteiger partial charge on any atom is -0.260 e. The lowest BCUT2D eigenvalue weighted by atomic mass is 10.2. The predicted octanol–water partition coefficient (Wildman–Crippen LogP) is 4.37. The van der Waals surface area contributed by atoms with Gasteiger partial charge >= 0.3 is 0 Å². The van der Waals surface area contributed by atoms with E-state index in [2.05, 4.69) is 39.9 Å². The molecule has 0 aliphatic heterocycles.